The number of rotatable bonds is 2. The van der Waals surface area contributed by atoms with E-state index < -0.39 is 5.24 Å². The van der Waals surface area contributed by atoms with Crippen molar-refractivity contribution in [3.8, 4) is 0 Å². The molecule has 1 aromatic heterocycles. The van der Waals surface area contributed by atoms with Gasteiger partial charge in [-0.15, -0.1) is 0 Å². The summed E-state index contributed by atoms with van der Waals surface area (Å²) in [4.78, 5) is 23.8. The fourth-order valence-electron chi connectivity index (χ4n) is 0.711. The van der Waals surface area contributed by atoms with Crippen molar-refractivity contribution in [1.82, 2.24) is 4.98 Å². The van der Waals surface area contributed by atoms with Gasteiger partial charge in [0.25, 0.3) is 5.24 Å². The van der Waals surface area contributed by atoms with E-state index in [1.807, 2.05) is 0 Å². The van der Waals surface area contributed by atoms with Gasteiger partial charge < -0.3 is 4.98 Å². The Labute approximate surface area is 68.4 Å². The van der Waals surface area contributed by atoms with Crippen LogP contribution in [0.2, 0.25) is 0 Å². The summed E-state index contributed by atoms with van der Waals surface area (Å²) in [5.74, 6) is -0.0922. The first kappa shape index (κ1) is 8.01. The Bertz CT molecular complexity index is 275. The molecule has 11 heavy (non-hydrogen) atoms. The first-order valence-corrected chi connectivity index (χ1v) is 3.38. The quantitative estimate of drug-likeness (QED) is 0.543. The van der Waals surface area contributed by atoms with E-state index in [2.05, 4.69) is 4.98 Å². The van der Waals surface area contributed by atoms with Crippen LogP contribution in [-0.2, 0) is 0 Å². The van der Waals surface area contributed by atoms with Crippen LogP contribution in [0.5, 0.6) is 0 Å². The van der Waals surface area contributed by atoms with E-state index in [0.717, 1.165) is 0 Å². The zero-order valence-electron chi connectivity index (χ0n) is 5.85. The number of Topliss-reactive ketones (excluding diaryl/α,β-unsaturated/α-hetero) is 1. The fourth-order valence-corrected chi connectivity index (χ4v) is 0.820. The molecule has 0 bridgehead atoms. The Morgan fingerprint density at radius 3 is 2.45 bits per heavy atom. The molecule has 58 valence electrons. The molecule has 1 aromatic rings. The van der Waals surface area contributed by atoms with Gasteiger partial charge in [-0.1, -0.05) is 0 Å². The third-order valence-corrected chi connectivity index (χ3v) is 1.50. The highest BCUT2D eigenvalue weighted by Crippen LogP contribution is 2.06. The van der Waals surface area contributed by atoms with E-state index in [0.29, 0.717) is 5.56 Å². The summed E-state index contributed by atoms with van der Waals surface area (Å²) >= 11 is 5.14. The molecule has 0 saturated heterocycles. The number of carbonyl (C=O) groups excluding carboxylic acids is 2. The van der Waals surface area contributed by atoms with Crippen LogP contribution in [0, 0.1) is 0 Å². The third kappa shape index (κ3) is 1.68. The van der Waals surface area contributed by atoms with Crippen molar-refractivity contribution < 1.29 is 9.59 Å². The van der Waals surface area contributed by atoms with Crippen LogP contribution in [0.1, 0.15) is 27.8 Å². The first-order valence-electron chi connectivity index (χ1n) is 3.00. The maximum atomic E-state index is 10.7. The Balaban J connectivity index is 2.99. The molecule has 0 aromatic carbocycles. The number of halogens is 1. The standard InChI is InChI=1S/C7H6ClNO2/c1-4(10)5-2-6(7(8)11)9-3-5/h2-3,9H,1H3. The summed E-state index contributed by atoms with van der Waals surface area (Å²) in [6.07, 6.45) is 1.46. The summed E-state index contributed by atoms with van der Waals surface area (Å²) < 4.78 is 0. The zero-order chi connectivity index (χ0) is 8.43. The molecule has 1 heterocycles. The number of nitrogens with one attached hydrogen (secondary N) is 1. The molecule has 0 unspecified atom stereocenters. The van der Waals surface area contributed by atoms with Crippen molar-refractivity contribution in [2.75, 3.05) is 0 Å². The van der Waals surface area contributed by atoms with Crippen molar-refractivity contribution >= 4 is 22.6 Å². The predicted octanol–water partition coefficient (Wildman–Crippen LogP) is 1.60. The van der Waals surface area contributed by atoms with Gasteiger partial charge in [-0.2, -0.15) is 0 Å². The third-order valence-electron chi connectivity index (χ3n) is 1.30. The number of carbonyl (C=O) groups is 2. The SMILES string of the molecule is CC(=O)c1c[nH]c(C(=O)Cl)c1. The molecule has 0 saturated carbocycles. The first-order chi connectivity index (χ1) is 5.11. The molecule has 0 fully saturated rings. The lowest BCUT2D eigenvalue weighted by atomic mass is 10.2. The highest BCUT2D eigenvalue weighted by atomic mass is 35.5. The number of hydrogen-bond acceptors (Lipinski definition) is 2. The van der Waals surface area contributed by atoms with Gasteiger partial charge in [-0.3, -0.25) is 9.59 Å². The molecule has 0 aliphatic carbocycles. The van der Waals surface area contributed by atoms with Crippen LogP contribution >= 0.6 is 11.6 Å². The molecule has 0 atom stereocenters. The van der Waals surface area contributed by atoms with E-state index in [1.165, 1.54) is 19.2 Å². The molecule has 1 rings (SSSR count). The number of H-pyrrole nitrogens is 1. The van der Waals surface area contributed by atoms with Crippen LogP contribution in [0.3, 0.4) is 0 Å². The lowest BCUT2D eigenvalue weighted by Gasteiger charge is -1.82. The van der Waals surface area contributed by atoms with E-state index in [1.54, 1.807) is 0 Å². The lowest BCUT2D eigenvalue weighted by Crippen LogP contribution is -1.88. The predicted molar refractivity (Wildman–Crippen MR) is 41.0 cm³/mol. The number of ketones is 1. The summed E-state index contributed by atoms with van der Waals surface area (Å²) in [6.45, 7) is 1.42. The summed E-state index contributed by atoms with van der Waals surface area (Å²) in [7, 11) is 0. The maximum Gasteiger partial charge on any atom is 0.268 e. The van der Waals surface area contributed by atoms with Gasteiger partial charge in [0.15, 0.2) is 5.78 Å². The van der Waals surface area contributed by atoms with E-state index in [-0.39, 0.29) is 11.5 Å². The highest BCUT2D eigenvalue weighted by Gasteiger charge is 2.06. The Morgan fingerprint density at radius 2 is 2.18 bits per heavy atom. The summed E-state index contributed by atoms with van der Waals surface area (Å²) in [5.41, 5.74) is 0.714. The van der Waals surface area contributed by atoms with Crippen LogP contribution in [-0.4, -0.2) is 16.0 Å². The minimum absolute atomic E-state index is 0.0922. The monoisotopic (exact) mass is 171 g/mol. The Kier molecular flexibility index (Phi) is 2.10. The van der Waals surface area contributed by atoms with Crippen LogP contribution < -0.4 is 0 Å². The van der Waals surface area contributed by atoms with Crippen molar-refractivity contribution in [1.29, 1.82) is 0 Å². The fraction of sp³-hybridized carbons (Fsp3) is 0.143. The van der Waals surface area contributed by atoms with Gasteiger partial charge in [-0.05, 0) is 24.6 Å². The van der Waals surface area contributed by atoms with Crippen LogP contribution in [0.15, 0.2) is 12.3 Å². The van der Waals surface area contributed by atoms with Gasteiger partial charge in [0.1, 0.15) is 0 Å². The van der Waals surface area contributed by atoms with Crippen LogP contribution in [0.4, 0.5) is 0 Å². The zero-order valence-corrected chi connectivity index (χ0v) is 6.61. The van der Waals surface area contributed by atoms with Gasteiger partial charge in [0.2, 0.25) is 0 Å². The number of aromatic nitrogens is 1. The molecular formula is C7H6ClNO2. The Hall–Kier alpha value is -1.09. The van der Waals surface area contributed by atoms with Crippen molar-refractivity contribution in [2.24, 2.45) is 0 Å². The summed E-state index contributed by atoms with van der Waals surface area (Å²) in [6, 6.07) is 1.43. The molecule has 0 spiro atoms. The smallest absolute Gasteiger partial charge is 0.268 e. The molecule has 0 aliphatic heterocycles. The highest BCUT2D eigenvalue weighted by molar-refractivity contribution is 6.67. The lowest BCUT2D eigenvalue weighted by molar-refractivity contribution is 0.101. The Morgan fingerprint density at radius 1 is 1.55 bits per heavy atom. The van der Waals surface area contributed by atoms with Gasteiger partial charge >= 0.3 is 0 Å². The summed E-state index contributed by atoms with van der Waals surface area (Å²) in [5, 5.41) is -0.586. The van der Waals surface area contributed by atoms with Crippen molar-refractivity contribution in [2.45, 2.75) is 6.92 Å². The van der Waals surface area contributed by atoms with Gasteiger partial charge in [0, 0.05) is 11.8 Å². The van der Waals surface area contributed by atoms with Crippen LogP contribution in [0.25, 0.3) is 0 Å². The minimum Gasteiger partial charge on any atom is -0.357 e. The molecular weight excluding hydrogens is 166 g/mol. The number of aromatic amines is 1. The van der Waals surface area contributed by atoms with Crippen molar-refractivity contribution in [3.63, 3.8) is 0 Å². The molecule has 0 aliphatic rings. The molecule has 3 nitrogen and oxygen atoms in total. The molecule has 4 heteroatoms. The minimum atomic E-state index is -0.586. The second kappa shape index (κ2) is 2.88. The van der Waals surface area contributed by atoms with Gasteiger partial charge in [0.05, 0.1) is 5.69 Å². The second-order valence-electron chi connectivity index (χ2n) is 2.13. The largest absolute Gasteiger partial charge is 0.357 e. The second-order valence-corrected chi connectivity index (χ2v) is 2.48. The van der Waals surface area contributed by atoms with E-state index in [9.17, 15) is 9.59 Å². The topological polar surface area (TPSA) is 49.9 Å². The average Bonchev–Trinajstić information content (AvgIpc) is 2.33. The molecule has 0 amide bonds. The number of hydrogen-bond donors (Lipinski definition) is 1. The molecule has 1 N–H and O–H groups in total. The van der Waals surface area contributed by atoms with E-state index >= 15 is 0 Å². The normalized spacial score (nSPS) is 9.64. The average molecular weight is 172 g/mol. The van der Waals surface area contributed by atoms with Crippen molar-refractivity contribution in [3.05, 3.63) is 23.5 Å². The van der Waals surface area contributed by atoms with E-state index in [4.69, 9.17) is 11.6 Å². The van der Waals surface area contributed by atoms with Gasteiger partial charge in [-0.25, -0.2) is 0 Å². The molecule has 0 radical (unpaired) electrons. The maximum absolute atomic E-state index is 10.7.